The van der Waals surface area contributed by atoms with Gasteiger partial charge in [0.15, 0.2) is 11.5 Å². The van der Waals surface area contributed by atoms with E-state index in [0.717, 1.165) is 12.1 Å². The molecule has 0 aliphatic rings. The first kappa shape index (κ1) is 10.9. The molecule has 0 saturated heterocycles. The van der Waals surface area contributed by atoms with Crippen molar-refractivity contribution in [1.82, 2.24) is 0 Å². The Labute approximate surface area is 97.2 Å². The Kier molecular flexibility index (Phi) is 2.66. The van der Waals surface area contributed by atoms with Crippen molar-refractivity contribution >= 4 is 11.4 Å². The van der Waals surface area contributed by atoms with E-state index in [0.29, 0.717) is 5.69 Å². The molecule has 5 nitrogen and oxygen atoms in total. The summed E-state index contributed by atoms with van der Waals surface area (Å²) in [6.07, 6.45) is 0. The predicted octanol–water partition coefficient (Wildman–Crippen LogP) is 2.25. The van der Waals surface area contributed by atoms with Crippen LogP contribution in [0.15, 0.2) is 36.4 Å². The highest BCUT2D eigenvalue weighted by molar-refractivity contribution is 5.72. The Hall–Kier alpha value is -2.56. The molecule has 0 bridgehead atoms. The molecule has 0 unspecified atom stereocenters. The van der Waals surface area contributed by atoms with Gasteiger partial charge in [-0.3, -0.25) is 0 Å². The Morgan fingerprint density at radius 3 is 2.00 bits per heavy atom. The van der Waals surface area contributed by atoms with Crippen LogP contribution in [0.3, 0.4) is 0 Å². The van der Waals surface area contributed by atoms with Gasteiger partial charge in [0.25, 0.3) is 0 Å². The maximum absolute atomic E-state index is 9.55. The lowest BCUT2D eigenvalue weighted by Crippen LogP contribution is -1.91. The van der Waals surface area contributed by atoms with Gasteiger partial charge < -0.3 is 25.7 Å². The highest BCUT2D eigenvalue weighted by Gasteiger charge is 2.09. The molecule has 0 atom stereocenters. The monoisotopic (exact) mass is 233 g/mol. The number of aromatic hydroxyl groups is 4. The van der Waals surface area contributed by atoms with Gasteiger partial charge in [0, 0.05) is 12.1 Å². The van der Waals surface area contributed by atoms with E-state index in [-0.39, 0.29) is 22.9 Å². The highest BCUT2D eigenvalue weighted by Crippen LogP contribution is 2.38. The minimum atomic E-state index is -0.412. The third-order valence-corrected chi connectivity index (χ3v) is 2.27. The molecule has 0 aliphatic carbocycles. The van der Waals surface area contributed by atoms with E-state index in [1.54, 1.807) is 18.2 Å². The number of hydrogen-bond donors (Lipinski definition) is 5. The summed E-state index contributed by atoms with van der Waals surface area (Å²) in [5.41, 5.74) is 0.565. The van der Waals surface area contributed by atoms with E-state index in [9.17, 15) is 15.3 Å². The minimum Gasteiger partial charge on any atom is -0.506 e. The third kappa shape index (κ3) is 2.17. The molecule has 0 aromatic heterocycles. The number of nitrogens with one attached hydrogen (secondary N) is 1. The molecule has 5 heteroatoms. The summed E-state index contributed by atoms with van der Waals surface area (Å²) in [6.45, 7) is 0. The zero-order valence-electron chi connectivity index (χ0n) is 8.75. The van der Waals surface area contributed by atoms with Crippen molar-refractivity contribution in [3.05, 3.63) is 36.4 Å². The van der Waals surface area contributed by atoms with Gasteiger partial charge in [-0.25, -0.2) is 0 Å². The van der Waals surface area contributed by atoms with Crippen LogP contribution in [0.25, 0.3) is 0 Å². The van der Waals surface area contributed by atoms with E-state index in [1.165, 1.54) is 6.07 Å². The second kappa shape index (κ2) is 4.13. The summed E-state index contributed by atoms with van der Waals surface area (Å²) in [7, 11) is 0. The first-order valence-electron chi connectivity index (χ1n) is 4.88. The van der Waals surface area contributed by atoms with Crippen molar-refractivity contribution in [1.29, 1.82) is 0 Å². The highest BCUT2D eigenvalue weighted by atomic mass is 16.3. The molecule has 0 saturated carbocycles. The van der Waals surface area contributed by atoms with Crippen LogP contribution in [0, 0.1) is 0 Å². The second-order valence-electron chi connectivity index (χ2n) is 3.50. The lowest BCUT2D eigenvalue weighted by Gasteiger charge is -2.10. The van der Waals surface area contributed by atoms with Gasteiger partial charge in [-0.15, -0.1) is 0 Å². The Bertz CT molecular complexity index is 554. The van der Waals surface area contributed by atoms with Crippen LogP contribution in [-0.2, 0) is 0 Å². The minimum absolute atomic E-state index is 0.0134. The number of phenols is 4. The summed E-state index contributed by atoms with van der Waals surface area (Å²) in [5, 5.41) is 40.3. The average molecular weight is 233 g/mol. The summed E-state index contributed by atoms with van der Waals surface area (Å²) in [5.74, 6) is -0.992. The summed E-state index contributed by atoms with van der Waals surface area (Å²) in [6, 6.07) is 8.64. The van der Waals surface area contributed by atoms with E-state index in [4.69, 9.17) is 5.11 Å². The zero-order chi connectivity index (χ0) is 12.4. The Morgan fingerprint density at radius 1 is 0.647 bits per heavy atom. The Balaban J connectivity index is 2.37. The van der Waals surface area contributed by atoms with Crippen molar-refractivity contribution in [3.8, 4) is 23.0 Å². The molecule has 5 N–H and O–H groups in total. The van der Waals surface area contributed by atoms with Crippen LogP contribution in [0.1, 0.15) is 0 Å². The average Bonchev–Trinajstić information content (AvgIpc) is 2.29. The molecule has 0 aliphatic heterocycles. The maximum Gasteiger partial charge on any atom is 0.161 e. The molecular weight excluding hydrogens is 222 g/mol. The van der Waals surface area contributed by atoms with Gasteiger partial charge in [0.1, 0.15) is 11.5 Å². The van der Waals surface area contributed by atoms with Gasteiger partial charge in [-0.05, 0) is 12.1 Å². The third-order valence-electron chi connectivity index (χ3n) is 2.27. The smallest absolute Gasteiger partial charge is 0.161 e. The van der Waals surface area contributed by atoms with Crippen molar-refractivity contribution in [2.75, 3.05) is 5.32 Å². The van der Waals surface area contributed by atoms with Crippen LogP contribution in [0.2, 0.25) is 0 Å². The number of para-hydroxylation sites is 2. The number of hydrogen-bond acceptors (Lipinski definition) is 5. The van der Waals surface area contributed by atoms with Crippen LogP contribution in [0.4, 0.5) is 11.4 Å². The van der Waals surface area contributed by atoms with Gasteiger partial charge in [-0.2, -0.15) is 0 Å². The lowest BCUT2D eigenvalue weighted by molar-refractivity contribution is 0.397. The van der Waals surface area contributed by atoms with Crippen LogP contribution >= 0.6 is 0 Å². The van der Waals surface area contributed by atoms with Crippen molar-refractivity contribution < 1.29 is 20.4 Å². The first-order valence-corrected chi connectivity index (χ1v) is 4.88. The fraction of sp³-hybridized carbons (Fsp3) is 0. The zero-order valence-corrected chi connectivity index (χ0v) is 8.75. The normalized spacial score (nSPS) is 10.1. The standard InChI is InChI=1S/C12H11NO4/c14-9-4-2-1-3-7(9)13-8-5-11(16)12(17)6-10(8)15/h1-6,13-17H. The molecule has 88 valence electrons. The molecular formula is C12H11NO4. The fourth-order valence-corrected chi connectivity index (χ4v) is 1.39. The largest absolute Gasteiger partial charge is 0.506 e. The number of anilines is 2. The molecule has 2 aromatic rings. The van der Waals surface area contributed by atoms with Crippen molar-refractivity contribution in [3.63, 3.8) is 0 Å². The van der Waals surface area contributed by atoms with E-state index < -0.39 is 5.75 Å². The maximum atomic E-state index is 9.55. The van der Waals surface area contributed by atoms with E-state index in [2.05, 4.69) is 5.32 Å². The molecule has 17 heavy (non-hydrogen) atoms. The second-order valence-corrected chi connectivity index (χ2v) is 3.50. The van der Waals surface area contributed by atoms with Crippen LogP contribution in [0.5, 0.6) is 23.0 Å². The van der Waals surface area contributed by atoms with Gasteiger partial charge in [-0.1, -0.05) is 12.1 Å². The van der Waals surface area contributed by atoms with Crippen LogP contribution < -0.4 is 5.32 Å². The summed E-state index contributed by atoms with van der Waals surface area (Å²) >= 11 is 0. The molecule has 0 amide bonds. The van der Waals surface area contributed by atoms with Gasteiger partial charge in [0.05, 0.1) is 11.4 Å². The number of rotatable bonds is 2. The molecule has 0 heterocycles. The summed E-state index contributed by atoms with van der Waals surface area (Å²) in [4.78, 5) is 0. The van der Waals surface area contributed by atoms with Crippen molar-refractivity contribution in [2.24, 2.45) is 0 Å². The van der Waals surface area contributed by atoms with Gasteiger partial charge >= 0.3 is 0 Å². The van der Waals surface area contributed by atoms with Crippen molar-refractivity contribution in [2.45, 2.75) is 0 Å². The Morgan fingerprint density at radius 2 is 1.29 bits per heavy atom. The number of benzene rings is 2. The van der Waals surface area contributed by atoms with E-state index >= 15 is 0 Å². The molecule has 0 spiro atoms. The molecule has 2 rings (SSSR count). The van der Waals surface area contributed by atoms with Crippen LogP contribution in [-0.4, -0.2) is 20.4 Å². The lowest BCUT2D eigenvalue weighted by atomic mass is 10.2. The summed E-state index contributed by atoms with van der Waals surface area (Å²) < 4.78 is 0. The number of phenolic OH excluding ortho intramolecular Hbond substituents is 4. The first-order chi connectivity index (χ1) is 8.08. The molecule has 0 radical (unpaired) electrons. The SMILES string of the molecule is Oc1cc(O)c(Nc2ccccc2O)cc1O. The molecule has 2 aromatic carbocycles. The van der Waals surface area contributed by atoms with E-state index in [1.807, 2.05) is 0 Å². The fourth-order valence-electron chi connectivity index (χ4n) is 1.39. The molecule has 0 fully saturated rings. The van der Waals surface area contributed by atoms with Gasteiger partial charge in [0.2, 0.25) is 0 Å². The predicted molar refractivity (Wildman–Crippen MR) is 62.8 cm³/mol. The quantitative estimate of drug-likeness (QED) is 0.405. The topological polar surface area (TPSA) is 93.0 Å².